The van der Waals surface area contributed by atoms with E-state index in [0.717, 1.165) is 0 Å². The molecule has 0 saturated heterocycles. The number of carbonyl (C=O) groups excluding carboxylic acids is 2. The van der Waals surface area contributed by atoms with Gasteiger partial charge in [-0.15, -0.1) is 0 Å². The maximum Gasteiger partial charge on any atom is 0.340 e. The molecule has 0 unspecified atom stereocenters. The molecule has 0 spiro atoms. The van der Waals surface area contributed by atoms with E-state index in [1.807, 2.05) is 22.6 Å². The highest BCUT2D eigenvalue weighted by atomic mass is 127. The van der Waals surface area contributed by atoms with Crippen LogP contribution in [0.2, 0.25) is 5.02 Å². The normalized spacial score (nSPS) is 9.75. The summed E-state index contributed by atoms with van der Waals surface area (Å²) in [5, 5.41) is 0.240. The number of hydrogen-bond acceptors (Lipinski definition) is 4. The van der Waals surface area contributed by atoms with Gasteiger partial charge in [0.05, 0.1) is 30.4 Å². The Kier molecular flexibility index (Phi) is 4.55. The second kappa shape index (κ2) is 5.49. The standard InChI is InChI=1S/C10H8ClIO4/c1-15-9(13)5-3-4-6(11)7(8(5)12)10(14)16-2/h3-4H,1-2H3. The molecule has 0 radical (unpaired) electrons. The van der Waals surface area contributed by atoms with Crippen molar-refractivity contribution in [2.75, 3.05) is 14.2 Å². The Hall–Kier alpha value is -0.820. The fraction of sp³-hybridized carbons (Fsp3) is 0.200. The van der Waals surface area contributed by atoms with Crippen LogP contribution < -0.4 is 0 Å². The lowest BCUT2D eigenvalue weighted by molar-refractivity contribution is 0.0597. The van der Waals surface area contributed by atoms with Crippen LogP contribution in [0.1, 0.15) is 20.7 Å². The summed E-state index contributed by atoms with van der Waals surface area (Å²) < 4.78 is 9.59. The van der Waals surface area contributed by atoms with E-state index >= 15 is 0 Å². The molecule has 0 saturated carbocycles. The van der Waals surface area contributed by atoms with Gasteiger partial charge in [-0.05, 0) is 34.7 Å². The van der Waals surface area contributed by atoms with E-state index in [4.69, 9.17) is 11.6 Å². The smallest absolute Gasteiger partial charge is 0.340 e. The molecule has 0 aromatic heterocycles. The fourth-order valence-corrected chi connectivity index (χ4v) is 2.41. The second-order valence-corrected chi connectivity index (χ2v) is 4.25. The summed E-state index contributed by atoms with van der Waals surface area (Å²) in [6, 6.07) is 2.96. The molecule has 16 heavy (non-hydrogen) atoms. The first-order valence-corrected chi connectivity index (χ1v) is 5.63. The molecule has 0 amide bonds. The first-order chi connectivity index (χ1) is 7.52. The summed E-state index contributed by atoms with van der Waals surface area (Å²) in [5.74, 6) is -1.11. The topological polar surface area (TPSA) is 52.6 Å². The minimum atomic E-state index is -0.583. The van der Waals surface area contributed by atoms with Crippen LogP contribution in [0.3, 0.4) is 0 Å². The summed E-state index contributed by atoms with van der Waals surface area (Å²) in [6.07, 6.45) is 0. The van der Waals surface area contributed by atoms with Gasteiger partial charge >= 0.3 is 11.9 Å². The van der Waals surface area contributed by atoms with Crippen molar-refractivity contribution in [2.24, 2.45) is 0 Å². The Labute approximate surface area is 111 Å². The van der Waals surface area contributed by atoms with E-state index < -0.39 is 11.9 Å². The molecule has 1 rings (SSSR count). The van der Waals surface area contributed by atoms with E-state index in [1.54, 1.807) is 0 Å². The first kappa shape index (κ1) is 13.2. The minimum Gasteiger partial charge on any atom is -0.465 e. The number of halogens is 2. The highest BCUT2D eigenvalue weighted by Gasteiger charge is 2.21. The monoisotopic (exact) mass is 354 g/mol. The number of methoxy groups -OCH3 is 2. The highest BCUT2D eigenvalue weighted by Crippen LogP contribution is 2.26. The van der Waals surface area contributed by atoms with Gasteiger partial charge in [0.2, 0.25) is 0 Å². The summed E-state index contributed by atoms with van der Waals surface area (Å²) in [7, 11) is 2.52. The maximum absolute atomic E-state index is 11.5. The van der Waals surface area contributed by atoms with Crippen molar-refractivity contribution >= 4 is 46.1 Å². The van der Waals surface area contributed by atoms with Crippen LogP contribution in [-0.4, -0.2) is 26.2 Å². The van der Waals surface area contributed by atoms with Crippen LogP contribution in [0.4, 0.5) is 0 Å². The summed E-state index contributed by atoms with van der Waals surface area (Å²) in [4.78, 5) is 22.8. The molecular formula is C10H8ClIO4. The highest BCUT2D eigenvalue weighted by molar-refractivity contribution is 14.1. The lowest BCUT2D eigenvalue weighted by atomic mass is 10.1. The largest absolute Gasteiger partial charge is 0.465 e. The van der Waals surface area contributed by atoms with Gasteiger partial charge in [0.1, 0.15) is 0 Å². The molecule has 4 nitrogen and oxygen atoms in total. The van der Waals surface area contributed by atoms with Gasteiger partial charge in [0.15, 0.2) is 0 Å². The van der Waals surface area contributed by atoms with Crippen LogP contribution in [-0.2, 0) is 9.47 Å². The lowest BCUT2D eigenvalue weighted by Crippen LogP contribution is -2.11. The molecule has 86 valence electrons. The van der Waals surface area contributed by atoms with Gasteiger partial charge in [-0.2, -0.15) is 0 Å². The third kappa shape index (κ3) is 2.46. The number of ether oxygens (including phenoxy) is 2. The quantitative estimate of drug-likeness (QED) is 0.605. The molecule has 1 aromatic rings. The molecule has 0 fully saturated rings. The number of hydrogen-bond donors (Lipinski definition) is 0. The zero-order valence-electron chi connectivity index (χ0n) is 8.54. The molecule has 6 heteroatoms. The molecule has 0 bridgehead atoms. The first-order valence-electron chi connectivity index (χ1n) is 4.17. The maximum atomic E-state index is 11.5. The van der Waals surface area contributed by atoms with Crippen molar-refractivity contribution in [3.63, 3.8) is 0 Å². The molecule has 0 aliphatic rings. The SMILES string of the molecule is COC(=O)c1ccc(Cl)c(C(=O)OC)c1I. The second-order valence-electron chi connectivity index (χ2n) is 2.77. The average molecular weight is 355 g/mol. The average Bonchev–Trinajstić information content (AvgIpc) is 2.28. The fourth-order valence-electron chi connectivity index (χ4n) is 1.11. The van der Waals surface area contributed by atoms with E-state index in [0.29, 0.717) is 3.57 Å². The Morgan fingerprint density at radius 2 is 1.75 bits per heavy atom. The molecule has 0 heterocycles. The van der Waals surface area contributed by atoms with Crippen LogP contribution >= 0.6 is 34.2 Å². The predicted molar refractivity (Wildman–Crippen MR) is 66.8 cm³/mol. The van der Waals surface area contributed by atoms with Gasteiger partial charge in [0.25, 0.3) is 0 Å². The van der Waals surface area contributed by atoms with Gasteiger partial charge < -0.3 is 9.47 Å². The molecule has 1 aromatic carbocycles. The third-order valence-electron chi connectivity index (χ3n) is 1.89. The number of esters is 2. The van der Waals surface area contributed by atoms with Gasteiger partial charge in [-0.25, -0.2) is 9.59 Å². The predicted octanol–water partition coefficient (Wildman–Crippen LogP) is 2.52. The Morgan fingerprint density at radius 1 is 1.19 bits per heavy atom. The van der Waals surface area contributed by atoms with Crippen molar-refractivity contribution in [2.45, 2.75) is 0 Å². The van der Waals surface area contributed by atoms with Crippen LogP contribution in [0.5, 0.6) is 0 Å². The zero-order chi connectivity index (χ0) is 12.3. The van der Waals surface area contributed by atoms with E-state index in [-0.39, 0.29) is 16.1 Å². The van der Waals surface area contributed by atoms with Crippen molar-refractivity contribution in [3.05, 3.63) is 31.9 Å². The Balaban J connectivity index is 3.38. The molecular weight excluding hydrogens is 346 g/mol. The van der Waals surface area contributed by atoms with Crippen molar-refractivity contribution in [3.8, 4) is 0 Å². The molecule has 0 aliphatic carbocycles. The van der Waals surface area contributed by atoms with Gasteiger partial charge in [-0.1, -0.05) is 11.6 Å². The summed E-state index contributed by atoms with van der Waals surface area (Å²) in [6.45, 7) is 0. The summed E-state index contributed by atoms with van der Waals surface area (Å²) in [5.41, 5.74) is 0.459. The number of benzene rings is 1. The molecule has 0 aliphatic heterocycles. The van der Waals surface area contributed by atoms with Crippen molar-refractivity contribution in [1.29, 1.82) is 0 Å². The van der Waals surface area contributed by atoms with Crippen LogP contribution in [0.25, 0.3) is 0 Å². The molecule has 0 N–H and O–H groups in total. The van der Waals surface area contributed by atoms with Crippen molar-refractivity contribution < 1.29 is 19.1 Å². The Morgan fingerprint density at radius 3 is 2.25 bits per heavy atom. The number of carbonyl (C=O) groups is 2. The van der Waals surface area contributed by atoms with Crippen LogP contribution in [0.15, 0.2) is 12.1 Å². The zero-order valence-corrected chi connectivity index (χ0v) is 11.5. The molecule has 0 atom stereocenters. The van der Waals surface area contributed by atoms with Crippen LogP contribution in [0, 0.1) is 3.57 Å². The minimum absolute atomic E-state index is 0.174. The lowest BCUT2D eigenvalue weighted by Gasteiger charge is -2.08. The Bertz CT molecular complexity index is 445. The van der Waals surface area contributed by atoms with Gasteiger partial charge in [0, 0.05) is 3.57 Å². The number of rotatable bonds is 2. The van der Waals surface area contributed by atoms with E-state index in [9.17, 15) is 9.59 Å². The summed E-state index contributed by atoms with van der Waals surface area (Å²) >= 11 is 7.72. The van der Waals surface area contributed by atoms with Crippen molar-refractivity contribution in [1.82, 2.24) is 0 Å². The van der Waals surface area contributed by atoms with Gasteiger partial charge in [-0.3, -0.25) is 0 Å². The van der Waals surface area contributed by atoms with E-state index in [1.165, 1.54) is 26.4 Å². The van der Waals surface area contributed by atoms with E-state index in [2.05, 4.69) is 9.47 Å². The third-order valence-corrected chi connectivity index (χ3v) is 3.32.